The van der Waals surface area contributed by atoms with Gasteiger partial charge in [-0.2, -0.15) is 0 Å². The molecule has 0 bridgehead atoms. The van der Waals surface area contributed by atoms with Gasteiger partial charge in [0.05, 0.1) is 6.54 Å². The number of piperazine rings is 1. The highest BCUT2D eigenvalue weighted by Crippen LogP contribution is 2.26. The molecule has 4 nitrogen and oxygen atoms in total. The van der Waals surface area contributed by atoms with Crippen molar-refractivity contribution in [1.82, 2.24) is 4.90 Å². The summed E-state index contributed by atoms with van der Waals surface area (Å²) in [7, 11) is 0. The second kappa shape index (κ2) is 8.21. The predicted molar refractivity (Wildman–Crippen MR) is 117 cm³/mol. The number of nitrogens with zero attached hydrogens (tertiary/aromatic N) is 2. The Hall–Kier alpha value is -2.56. The number of nitrogens with one attached hydrogen (secondary N) is 1. The molecule has 144 valence electrons. The Morgan fingerprint density at radius 1 is 1.00 bits per heavy atom. The van der Waals surface area contributed by atoms with Crippen molar-refractivity contribution < 1.29 is 4.79 Å². The molecular formula is C23H24ClN3O. The zero-order valence-electron chi connectivity index (χ0n) is 16.0. The van der Waals surface area contributed by atoms with Crippen molar-refractivity contribution in [1.29, 1.82) is 0 Å². The molecule has 0 saturated carbocycles. The van der Waals surface area contributed by atoms with E-state index in [1.165, 1.54) is 11.3 Å². The van der Waals surface area contributed by atoms with Gasteiger partial charge in [-0.25, -0.2) is 0 Å². The number of carbonyl (C=O) groups is 1. The summed E-state index contributed by atoms with van der Waals surface area (Å²) in [6.07, 6.45) is 0. The van der Waals surface area contributed by atoms with Gasteiger partial charge in [0.1, 0.15) is 0 Å². The molecule has 28 heavy (non-hydrogen) atoms. The standard InChI is InChI=1S/C23H24ClN3O/c1-17-9-10-19(24)15-22(17)27-13-11-26(12-14-27)16-23(28)25-21-8-4-6-18-5-2-3-7-20(18)21/h2-10,15H,11-14,16H2,1H3,(H,25,28). The van der Waals surface area contributed by atoms with Gasteiger partial charge in [-0.3, -0.25) is 9.69 Å². The molecule has 1 amide bonds. The molecule has 0 unspecified atom stereocenters. The molecule has 1 aliphatic heterocycles. The number of carbonyl (C=O) groups excluding carboxylic acids is 1. The van der Waals surface area contributed by atoms with Crippen molar-refractivity contribution in [3.05, 3.63) is 71.2 Å². The van der Waals surface area contributed by atoms with Gasteiger partial charge in [-0.05, 0) is 36.1 Å². The van der Waals surface area contributed by atoms with E-state index in [1.54, 1.807) is 0 Å². The molecule has 4 rings (SSSR count). The highest BCUT2D eigenvalue weighted by Gasteiger charge is 2.20. The van der Waals surface area contributed by atoms with Gasteiger partial charge < -0.3 is 10.2 Å². The molecular weight excluding hydrogens is 370 g/mol. The fraction of sp³-hybridized carbons (Fsp3) is 0.261. The van der Waals surface area contributed by atoms with Crippen LogP contribution in [-0.2, 0) is 4.79 Å². The van der Waals surface area contributed by atoms with E-state index >= 15 is 0 Å². The molecule has 3 aromatic carbocycles. The molecule has 0 spiro atoms. The van der Waals surface area contributed by atoms with E-state index in [-0.39, 0.29) is 5.91 Å². The maximum atomic E-state index is 12.6. The number of anilines is 2. The Labute approximate surface area is 170 Å². The number of benzene rings is 3. The second-order valence-corrected chi connectivity index (χ2v) is 7.71. The van der Waals surface area contributed by atoms with Crippen LogP contribution in [0.2, 0.25) is 5.02 Å². The van der Waals surface area contributed by atoms with Gasteiger partial charge in [0.2, 0.25) is 5.91 Å². The van der Waals surface area contributed by atoms with Crippen molar-refractivity contribution in [2.24, 2.45) is 0 Å². The van der Waals surface area contributed by atoms with Crippen LogP contribution in [0.3, 0.4) is 0 Å². The monoisotopic (exact) mass is 393 g/mol. The number of rotatable bonds is 4. The molecule has 1 N–H and O–H groups in total. The Balaban J connectivity index is 1.36. The topological polar surface area (TPSA) is 35.6 Å². The molecule has 0 radical (unpaired) electrons. The molecule has 1 aliphatic rings. The van der Waals surface area contributed by atoms with Gasteiger partial charge in [0, 0.05) is 48.0 Å². The van der Waals surface area contributed by atoms with Crippen molar-refractivity contribution in [2.75, 3.05) is 42.9 Å². The number of hydrogen-bond donors (Lipinski definition) is 1. The summed E-state index contributed by atoms with van der Waals surface area (Å²) >= 11 is 6.16. The maximum absolute atomic E-state index is 12.6. The highest BCUT2D eigenvalue weighted by molar-refractivity contribution is 6.30. The molecule has 1 heterocycles. The third kappa shape index (κ3) is 4.13. The molecule has 1 fully saturated rings. The van der Waals surface area contributed by atoms with E-state index in [0.29, 0.717) is 6.54 Å². The van der Waals surface area contributed by atoms with Crippen LogP contribution in [0.5, 0.6) is 0 Å². The first-order valence-corrected chi connectivity index (χ1v) is 9.99. The van der Waals surface area contributed by atoms with Crippen LogP contribution in [0.15, 0.2) is 60.7 Å². The highest BCUT2D eigenvalue weighted by atomic mass is 35.5. The van der Waals surface area contributed by atoms with E-state index in [4.69, 9.17) is 11.6 Å². The summed E-state index contributed by atoms with van der Waals surface area (Å²) in [5, 5.41) is 6.04. The van der Waals surface area contributed by atoms with Gasteiger partial charge in [-0.1, -0.05) is 54.1 Å². The molecule has 0 aliphatic carbocycles. The number of fused-ring (bicyclic) bond motifs is 1. The van der Waals surface area contributed by atoms with Crippen LogP contribution in [0.1, 0.15) is 5.56 Å². The van der Waals surface area contributed by atoms with Crippen LogP contribution in [0.4, 0.5) is 11.4 Å². The zero-order chi connectivity index (χ0) is 19.5. The smallest absolute Gasteiger partial charge is 0.238 e. The Morgan fingerprint density at radius 2 is 1.75 bits per heavy atom. The second-order valence-electron chi connectivity index (χ2n) is 7.27. The third-order valence-electron chi connectivity index (χ3n) is 5.32. The lowest BCUT2D eigenvalue weighted by Gasteiger charge is -2.36. The van der Waals surface area contributed by atoms with E-state index in [2.05, 4.69) is 40.2 Å². The number of halogens is 1. The average Bonchev–Trinajstić information content (AvgIpc) is 2.71. The van der Waals surface area contributed by atoms with Crippen LogP contribution in [-0.4, -0.2) is 43.5 Å². The molecule has 0 aromatic heterocycles. The molecule has 3 aromatic rings. The van der Waals surface area contributed by atoms with Crippen molar-refractivity contribution in [3.63, 3.8) is 0 Å². The zero-order valence-corrected chi connectivity index (χ0v) is 16.7. The fourth-order valence-corrected chi connectivity index (χ4v) is 3.96. The molecule has 1 saturated heterocycles. The van der Waals surface area contributed by atoms with Crippen LogP contribution < -0.4 is 10.2 Å². The largest absolute Gasteiger partial charge is 0.369 e. The number of amides is 1. The summed E-state index contributed by atoms with van der Waals surface area (Å²) < 4.78 is 0. The normalized spacial score (nSPS) is 15.0. The Kier molecular flexibility index (Phi) is 5.51. The van der Waals surface area contributed by atoms with Gasteiger partial charge in [0.15, 0.2) is 0 Å². The minimum absolute atomic E-state index is 0.0312. The lowest BCUT2D eigenvalue weighted by molar-refractivity contribution is -0.117. The van der Waals surface area contributed by atoms with E-state index in [9.17, 15) is 4.79 Å². The SMILES string of the molecule is Cc1ccc(Cl)cc1N1CCN(CC(=O)Nc2cccc3ccccc23)CC1. The summed E-state index contributed by atoms with van der Waals surface area (Å²) in [6.45, 7) is 6.01. The van der Waals surface area contributed by atoms with Crippen LogP contribution in [0.25, 0.3) is 10.8 Å². The van der Waals surface area contributed by atoms with E-state index in [0.717, 1.165) is 47.7 Å². The molecule has 0 atom stereocenters. The number of aryl methyl sites for hydroxylation is 1. The first kappa shape index (κ1) is 18.8. The summed E-state index contributed by atoms with van der Waals surface area (Å²) in [6, 6.07) is 20.1. The average molecular weight is 394 g/mol. The summed E-state index contributed by atoms with van der Waals surface area (Å²) in [4.78, 5) is 17.1. The van der Waals surface area contributed by atoms with E-state index in [1.807, 2.05) is 42.5 Å². The van der Waals surface area contributed by atoms with Crippen LogP contribution in [0, 0.1) is 6.92 Å². The van der Waals surface area contributed by atoms with E-state index < -0.39 is 0 Å². The minimum atomic E-state index is 0.0312. The number of hydrogen-bond acceptors (Lipinski definition) is 3. The molecule has 5 heteroatoms. The maximum Gasteiger partial charge on any atom is 0.238 e. The lowest BCUT2D eigenvalue weighted by atomic mass is 10.1. The van der Waals surface area contributed by atoms with Gasteiger partial charge >= 0.3 is 0 Å². The minimum Gasteiger partial charge on any atom is -0.369 e. The first-order valence-electron chi connectivity index (χ1n) is 9.61. The third-order valence-corrected chi connectivity index (χ3v) is 5.55. The van der Waals surface area contributed by atoms with Crippen molar-refractivity contribution >= 4 is 39.7 Å². The lowest BCUT2D eigenvalue weighted by Crippen LogP contribution is -2.48. The predicted octanol–water partition coefficient (Wildman–Crippen LogP) is 4.56. The Morgan fingerprint density at radius 3 is 2.57 bits per heavy atom. The quantitative estimate of drug-likeness (QED) is 0.705. The fourth-order valence-electron chi connectivity index (χ4n) is 3.80. The summed E-state index contributed by atoms with van der Waals surface area (Å²) in [5.41, 5.74) is 3.29. The Bertz CT molecular complexity index is 991. The van der Waals surface area contributed by atoms with Crippen LogP contribution >= 0.6 is 11.6 Å². The summed E-state index contributed by atoms with van der Waals surface area (Å²) in [5.74, 6) is 0.0312. The first-order chi connectivity index (χ1) is 13.6. The van der Waals surface area contributed by atoms with Crippen molar-refractivity contribution in [3.8, 4) is 0 Å². The van der Waals surface area contributed by atoms with Crippen molar-refractivity contribution in [2.45, 2.75) is 6.92 Å². The van der Waals surface area contributed by atoms with Gasteiger partial charge in [0.25, 0.3) is 0 Å². The van der Waals surface area contributed by atoms with Gasteiger partial charge in [-0.15, -0.1) is 0 Å².